The topological polar surface area (TPSA) is 93.8 Å². The molecule has 1 aromatic heterocycles. The van der Waals surface area contributed by atoms with Gasteiger partial charge in [-0.25, -0.2) is 0 Å². The largest absolute Gasteiger partial charge is 0.490 e. The SMILES string of the molecule is CCOc1cccc(CNC(=NC)NCc2nc(C)no2)c1OC(F)F.I. The van der Waals surface area contributed by atoms with Crippen molar-refractivity contribution in [2.75, 3.05) is 13.7 Å². The van der Waals surface area contributed by atoms with E-state index in [0.717, 1.165) is 0 Å². The molecule has 2 rings (SSSR count). The van der Waals surface area contributed by atoms with E-state index in [4.69, 9.17) is 9.26 Å². The Morgan fingerprint density at radius 3 is 2.63 bits per heavy atom. The predicted molar refractivity (Wildman–Crippen MR) is 106 cm³/mol. The Hall–Kier alpha value is -2.18. The van der Waals surface area contributed by atoms with Gasteiger partial charge in [-0.2, -0.15) is 13.8 Å². The van der Waals surface area contributed by atoms with Crippen LogP contribution in [0.15, 0.2) is 27.7 Å². The van der Waals surface area contributed by atoms with Crippen LogP contribution < -0.4 is 20.1 Å². The summed E-state index contributed by atoms with van der Waals surface area (Å²) in [6, 6.07) is 4.95. The van der Waals surface area contributed by atoms with Gasteiger partial charge in [-0.1, -0.05) is 17.3 Å². The second-order valence-electron chi connectivity index (χ2n) is 5.07. The maximum atomic E-state index is 12.7. The molecule has 0 fully saturated rings. The number of ether oxygens (including phenoxy) is 2. The van der Waals surface area contributed by atoms with Crippen LogP contribution in [0.25, 0.3) is 0 Å². The second kappa shape index (κ2) is 11.5. The van der Waals surface area contributed by atoms with Crippen LogP contribution in [0.4, 0.5) is 8.78 Å². The number of nitrogens with zero attached hydrogens (tertiary/aromatic N) is 3. The van der Waals surface area contributed by atoms with Crippen molar-refractivity contribution in [3.05, 3.63) is 35.5 Å². The Bertz CT molecular complexity index is 743. The number of nitrogens with one attached hydrogen (secondary N) is 2. The Labute approximate surface area is 172 Å². The van der Waals surface area contributed by atoms with Gasteiger partial charge in [0.2, 0.25) is 5.89 Å². The average molecular weight is 497 g/mol. The molecule has 0 spiro atoms. The maximum absolute atomic E-state index is 12.7. The fourth-order valence-corrected chi connectivity index (χ4v) is 2.16. The van der Waals surface area contributed by atoms with Gasteiger partial charge >= 0.3 is 6.61 Å². The summed E-state index contributed by atoms with van der Waals surface area (Å²) in [4.78, 5) is 8.13. The minimum absolute atomic E-state index is 0. The van der Waals surface area contributed by atoms with E-state index in [9.17, 15) is 8.78 Å². The molecule has 0 aliphatic heterocycles. The zero-order valence-electron chi connectivity index (χ0n) is 15.2. The van der Waals surface area contributed by atoms with E-state index in [2.05, 4.69) is 30.5 Å². The van der Waals surface area contributed by atoms with E-state index in [-0.39, 0.29) is 48.6 Å². The lowest BCUT2D eigenvalue weighted by molar-refractivity contribution is -0.0520. The molecule has 0 radical (unpaired) electrons. The second-order valence-corrected chi connectivity index (χ2v) is 5.07. The van der Waals surface area contributed by atoms with Crippen LogP contribution in [0.2, 0.25) is 0 Å². The van der Waals surface area contributed by atoms with Gasteiger partial charge in [0.15, 0.2) is 23.3 Å². The molecule has 0 bridgehead atoms. The summed E-state index contributed by atoms with van der Waals surface area (Å²) in [6.45, 7) is 1.35. The third-order valence-corrected chi connectivity index (χ3v) is 3.21. The number of alkyl halides is 2. The number of benzene rings is 1. The number of aromatic nitrogens is 2. The smallest absolute Gasteiger partial charge is 0.387 e. The molecule has 0 aliphatic carbocycles. The molecule has 0 unspecified atom stereocenters. The van der Waals surface area contributed by atoms with Crippen LogP contribution >= 0.6 is 24.0 Å². The lowest BCUT2D eigenvalue weighted by atomic mass is 10.2. The van der Waals surface area contributed by atoms with Crippen molar-refractivity contribution >= 4 is 29.9 Å². The maximum Gasteiger partial charge on any atom is 0.387 e. The van der Waals surface area contributed by atoms with Crippen molar-refractivity contribution in [3.8, 4) is 11.5 Å². The zero-order chi connectivity index (χ0) is 18.9. The van der Waals surface area contributed by atoms with Gasteiger partial charge < -0.3 is 24.6 Å². The van der Waals surface area contributed by atoms with Crippen molar-refractivity contribution in [2.24, 2.45) is 4.99 Å². The van der Waals surface area contributed by atoms with Crippen molar-refractivity contribution in [1.29, 1.82) is 0 Å². The van der Waals surface area contributed by atoms with Gasteiger partial charge in [0, 0.05) is 19.2 Å². The van der Waals surface area contributed by atoms with Gasteiger partial charge in [0.1, 0.15) is 0 Å². The molecule has 2 N–H and O–H groups in total. The highest BCUT2D eigenvalue weighted by Crippen LogP contribution is 2.32. The third kappa shape index (κ3) is 7.15. The van der Waals surface area contributed by atoms with Crippen LogP contribution in [0, 0.1) is 6.92 Å². The van der Waals surface area contributed by atoms with Gasteiger partial charge in [-0.15, -0.1) is 24.0 Å². The number of halogens is 3. The summed E-state index contributed by atoms with van der Waals surface area (Å²) in [5, 5.41) is 9.70. The van der Waals surface area contributed by atoms with E-state index in [1.54, 1.807) is 39.1 Å². The highest BCUT2D eigenvalue weighted by molar-refractivity contribution is 14.0. The zero-order valence-corrected chi connectivity index (χ0v) is 17.5. The number of hydrogen-bond acceptors (Lipinski definition) is 6. The summed E-state index contributed by atoms with van der Waals surface area (Å²) in [7, 11) is 1.58. The monoisotopic (exact) mass is 497 g/mol. The number of hydrogen-bond donors (Lipinski definition) is 2. The molecule has 0 amide bonds. The van der Waals surface area contributed by atoms with E-state index in [0.29, 0.717) is 29.8 Å². The molecule has 8 nitrogen and oxygen atoms in total. The fraction of sp³-hybridized carbons (Fsp3) is 0.438. The van der Waals surface area contributed by atoms with Crippen molar-refractivity contribution < 1.29 is 22.8 Å². The Morgan fingerprint density at radius 2 is 2.04 bits per heavy atom. The number of rotatable bonds is 8. The quantitative estimate of drug-likeness (QED) is 0.329. The summed E-state index contributed by atoms with van der Waals surface area (Å²) in [5.41, 5.74) is 0.507. The van der Waals surface area contributed by atoms with Gasteiger partial charge in [-0.3, -0.25) is 4.99 Å². The Morgan fingerprint density at radius 1 is 1.30 bits per heavy atom. The van der Waals surface area contributed by atoms with Crippen LogP contribution in [-0.2, 0) is 13.1 Å². The molecule has 150 valence electrons. The summed E-state index contributed by atoms with van der Waals surface area (Å²) in [5.74, 6) is 1.64. The van der Waals surface area contributed by atoms with E-state index in [1.807, 2.05) is 0 Å². The van der Waals surface area contributed by atoms with Crippen molar-refractivity contribution in [2.45, 2.75) is 33.5 Å². The van der Waals surface area contributed by atoms with E-state index < -0.39 is 6.61 Å². The first-order chi connectivity index (χ1) is 12.5. The van der Waals surface area contributed by atoms with Gasteiger partial charge in [0.05, 0.1) is 13.2 Å². The summed E-state index contributed by atoms with van der Waals surface area (Å²) in [6.07, 6.45) is 0. The molecule has 0 saturated heterocycles. The molecule has 1 aromatic carbocycles. The number of aryl methyl sites for hydroxylation is 1. The minimum atomic E-state index is -2.95. The van der Waals surface area contributed by atoms with E-state index >= 15 is 0 Å². The van der Waals surface area contributed by atoms with Gasteiger partial charge in [-0.05, 0) is 19.9 Å². The molecule has 0 saturated carbocycles. The molecule has 1 heterocycles. The number of para-hydroxylation sites is 1. The highest BCUT2D eigenvalue weighted by atomic mass is 127. The first-order valence-corrected chi connectivity index (χ1v) is 7.96. The lowest BCUT2D eigenvalue weighted by Crippen LogP contribution is -2.36. The Kier molecular flexibility index (Phi) is 9.75. The summed E-state index contributed by atoms with van der Waals surface area (Å²) >= 11 is 0. The van der Waals surface area contributed by atoms with Crippen molar-refractivity contribution in [3.63, 3.8) is 0 Å². The van der Waals surface area contributed by atoms with Crippen LogP contribution in [0.1, 0.15) is 24.2 Å². The standard InChI is InChI=1S/C16H21F2N5O3.HI/c1-4-24-12-7-5-6-11(14(12)25-15(17)18)8-20-16(19-3)21-9-13-22-10(2)23-26-13;/h5-7,15H,4,8-9H2,1-3H3,(H2,19,20,21);1H. The first-order valence-electron chi connectivity index (χ1n) is 7.96. The van der Waals surface area contributed by atoms with Crippen LogP contribution in [-0.4, -0.2) is 36.4 Å². The molecule has 27 heavy (non-hydrogen) atoms. The normalized spacial score (nSPS) is 11.1. The molecule has 2 aromatic rings. The first kappa shape index (κ1) is 22.9. The highest BCUT2D eigenvalue weighted by Gasteiger charge is 2.16. The Balaban J connectivity index is 0.00000364. The van der Waals surface area contributed by atoms with Gasteiger partial charge in [0.25, 0.3) is 0 Å². The van der Waals surface area contributed by atoms with Crippen LogP contribution in [0.3, 0.4) is 0 Å². The molecular weight excluding hydrogens is 475 g/mol. The third-order valence-electron chi connectivity index (χ3n) is 3.21. The van der Waals surface area contributed by atoms with E-state index in [1.165, 1.54) is 0 Å². The molecule has 0 aliphatic rings. The molecular formula is C16H22F2IN5O3. The fourth-order valence-electron chi connectivity index (χ4n) is 2.16. The molecule has 0 atom stereocenters. The average Bonchev–Trinajstić information content (AvgIpc) is 3.02. The number of aliphatic imine (C=N–C) groups is 1. The number of guanidine groups is 1. The lowest BCUT2D eigenvalue weighted by Gasteiger charge is -2.16. The molecule has 11 heteroatoms. The van der Waals surface area contributed by atoms with Crippen LogP contribution in [0.5, 0.6) is 11.5 Å². The predicted octanol–water partition coefficient (Wildman–Crippen LogP) is 2.86. The van der Waals surface area contributed by atoms with Crippen molar-refractivity contribution in [1.82, 2.24) is 20.8 Å². The summed E-state index contributed by atoms with van der Waals surface area (Å²) < 4.78 is 40.5. The minimum Gasteiger partial charge on any atom is -0.490 e.